The first-order valence-corrected chi connectivity index (χ1v) is 11.3. The molecule has 2 aromatic rings. The molecule has 0 unspecified atom stereocenters. The number of hydrogen-bond donors (Lipinski definition) is 1. The molecule has 2 atom stereocenters. The number of hydrogen-bond acceptors (Lipinski definition) is 5. The predicted octanol–water partition coefficient (Wildman–Crippen LogP) is 3.86. The summed E-state index contributed by atoms with van der Waals surface area (Å²) in [5, 5.41) is 2.72. The molecule has 0 bridgehead atoms. The minimum absolute atomic E-state index is 0.100. The molecule has 1 fully saturated rings. The summed E-state index contributed by atoms with van der Waals surface area (Å²) in [6.07, 6.45) is 0.849. The third kappa shape index (κ3) is 7.34. The topological polar surface area (TPSA) is 84.9 Å². The zero-order valence-electron chi connectivity index (χ0n) is 19.5. The van der Waals surface area contributed by atoms with Crippen molar-refractivity contribution in [3.8, 4) is 0 Å². The molecule has 7 heteroatoms. The molecule has 0 aromatic heterocycles. The van der Waals surface area contributed by atoms with Gasteiger partial charge in [-0.2, -0.15) is 0 Å². The van der Waals surface area contributed by atoms with Crippen molar-refractivity contribution in [3.05, 3.63) is 71.8 Å². The molecule has 0 radical (unpaired) electrons. The van der Waals surface area contributed by atoms with Crippen molar-refractivity contribution in [3.63, 3.8) is 0 Å². The number of rotatable bonds is 7. The van der Waals surface area contributed by atoms with Gasteiger partial charge in [-0.25, -0.2) is 9.59 Å². The van der Waals surface area contributed by atoms with E-state index in [2.05, 4.69) is 5.32 Å². The van der Waals surface area contributed by atoms with Crippen molar-refractivity contribution in [1.82, 2.24) is 10.2 Å². The van der Waals surface area contributed by atoms with Crippen LogP contribution in [-0.2, 0) is 32.1 Å². The van der Waals surface area contributed by atoms with Gasteiger partial charge >= 0.3 is 12.1 Å². The maximum Gasteiger partial charge on any atom is 0.408 e. The quantitative estimate of drug-likeness (QED) is 0.645. The monoisotopic (exact) mass is 452 g/mol. The number of carbonyl (C=O) groups excluding carboxylic acids is 3. The van der Waals surface area contributed by atoms with Crippen molar-refractivity contribution in [2.45, 2.75) is 64.3 Å². The molecule has 33 heavy (non-hydrogen) atoms. The summed E-state index contributed by atoms with van der Waals surface area (Å²) in [6, 6.07) is 17.2. The highest BCUT2D eigenvalue weighted by Gasteiger charge is 2.39. The number of amides is 2. The third-order valence-electron chi connectivity index (χ3n) is 5.30. The number of alkyl carbamates (subject to hydrolysis) is 1. The lowest BCUT2D eigenvalue weighted by atomic mass is 10.0. The molecule has 0 spiro atoms. The van der Waals surface area contributed by atoms with Gasteiger partial charge in [0.1, 0.15) is 24.3 Å². The van der Waals surface area contributed by atoms with Gasteiger partial charge in [0.25, 0.3) is 0 Å². The molecular formula is C26H32N2O5. The van der Waals surface area contributed by atoms with Crippen LogP contribution in [-0.4, -0.2) is 47.1 Å². The summed E-state index contributed by atoms with van der Waals surface area (Å²) >= 11 is 0. The highest BCUT2D eigenvalue weighted by atomic mass is 16.6. The Kier molecular flexibility index (Phi) is 8.09. The molecular weight excluding hydrogens is 420 g/mol. The predicted molar refractivity (Wildman–Crippen MR) is 124 cm³/mol. The lowest BCUT2D eigenvalue weighted by Gasteiger charge is -2.30. The second-order valence-electron chi connectivity index (χ2n) is 9.17. The first kappa shape index (κ1) is 24.3. The summed E-state index contributed by atoms with van der Waals surface area (Å²) in [5.41, 5.74) is 1.10. The number of ether oxygens (including phenoxy) is 2. The second-order valence-corrected chi connectivity index (χ2v) is 9.17. The van der Waals surface area contributed by atoms with Gasteiger partial charge in [-0.1, -0.05) is 60.7 Å². The van der Waals surface area contributed by atoms with E-state index >= 15 is 0 Å². The number of benzene rings is 2. The summed E-state index contributed by atoms with van der Waals surface area (Å²) in [7, 11) is 0. The molecule has 7 nitrogen and oxygen atoms in total. The Morgan fingerprint density at radius 2 is 1.61 bits per heavy atom. The van der Waals surface area contributed by atoms with Crippen LogP contribution in [0.4, 0.5) is 4.79 Å². The Morgan fingerprint density at radius 3 is 2.21 bits per heavy atom. The summed E-state index contributed by atoms with van der Waals surface area (Å²) < 4.78 is 10.9. The van der Waals surface area contributed by atoms with Crippen LogP contribution in [0.2, 0.25) is 0 Å². The Hall–Kier alpha value is -3.35. The van der Waals surface area contributed by atoms with E-state index in [1.54, 1.807) is 20.8 Å². The van der Waals surface area contributed by atoms with Gasteiger partial charge in [0, 0.05) is 13.0 Å². The van der Waals surface area contributed by atoms with E-state index in [4.69, 9.17) is 9.47 Å². The van der Waals surface area contributed by atoms with Gasteiger partial charge in [-0.3, -0.25) is 4.79 Å². The number of nitrogens with zero attached hydrogens (tertiary/aromatic N) is 1. The van der Waals surface area contributed by atoms with Crippen LogP contribution in [0.3, 0.4) is 0 Å². The highest BCUT2D eigenvalue weighted by molar-refractivity contribution is 5.90. The zero-order valence-corrected chi connectivity index (χ0v) is 19.5. The van der Waals surface area contributed by atoms with Gasteiger partial charge < -0.3 is 19.7 Å². The minimum Gasteiger partial charge on any atom is -0.458 e. The number of carbonyl (C=O) groups is 3. The largest absolute Gasteiger partial charge is 0.458 e. The molecule has 0 saturated carbocycles. The average molecular weight is 453 g/mol. The summed E-state index contributed by atoms with van der Waals surface area (Å²) in [5.74, 6) is -0.734. The van der Waals surface area contributed by atoms with Gasteiger partial charge in [0.2, 0.25) is 5.91 Å². The Morgan fingerprint density at radius 1 is 1.00 bits per heavy atom. The third-order valence-corrected chi connectivity index (χ3v) is 5.30. The van der Waals surface area contributed by atoms with Gasteiger partial charge in [-0.05, 0) is 44.7 Å². The van der Waals surface area contributed by atoms with Crippen molar-refractivity contribution >= 4 is 18.0 Å². The van der Waals surface area contributed by atoms with Crippen LogP contribution in [0.25, 0.3) is 0 Å². The summed E-state index contributed by atoms with van der Waals surface area (Å²) in [4.78, 5) is 40.3. The first-order chi connectivity index (χ1) is 15.7. The van der Waals surface area contributed by atoms with Crippen molar-refractivity contribution in [2.75, 3.05) is 6.54 Å². The van der Waals surface area contributed by atoms with E-state index in [1.165, 1.54) is 4.90 Å². The molecule has 176 valence electrons. The maximum atomic E-state index is 13.5. The van der Waals surface area contributed by atoms with Gasteiger partial charge in [-0.15, -0.1) is 0 Å². The molecule has 0 aliphatic carbocycles. The molecule has 3 rings (SSSR count). The average Bonchev–Trinajstić information content (AvgIpc) is 3.27. The van der Waals surface area contributed by atoms with Crippen molar-refractivity contribution in [1.29, 1.82) is 0 Å². The lowest BCUT2D eigenvalue weighted by Crippen LogP contribution is -2.53. The molecule has 2 amide bonds. The fourth-order valence-corrected chi connectivity index (χ4v) is 3.80. The van der Waals surface area contributed by atoms with E-state index in [-0.39, 0.29) is 18.9 Å². The second kappa shape index (κ2) is 11.0. The lowest BCUT2D eigenvalue weighted by molar-refractivity contribution is -0.163. The number of esters is 1. The molecule has 2 aromatic carbocycles. The molecule has 1 aliphatic heterocycles. The first-order valence-electron chi connectivity index (χ1n) is 11.3. The van der Waals surface area contributed by atoms with Crippen LogP contribution < -0.4 is 5.32 Å². The van der Waals surface area contributed by atoms with Gasteiger partial charge in [0.05, 0.1) is 0 Å². The number of nitrogens with one attached hydrogen (secondary N) is 1. The minimum atomic E-state index is -0.862. The van der Waals surface area contributed by atoms with E-state index in [1.807, 2.05) is 60.7 Å². The van der Waals surface area contributed by atoms with Crippen LogP contribution in [0.15, 0.2) is 60.7 Å². The molecule has 1 aliphatic rings. The van der Waals surface area contributed by atoms with E-state index in [9.17, 15) is 14.4 Å². The smallest absolute Gasteiger partial charge is 0.408 e. The van der Waals surface area contributed by atoms with E-state index < -0.39 is 29.7 Å². The number of likely N-dealkylation sites (tertiary alicyclic amines) is 1. The maximum absolute atomic E-state index is 13.5. The zero-order chi connectivity index (χ0) is 23.8. The van der Waals surface area contributed by atoms with E-state index in [0.717, 1.165) is 11.1 Å². The van der Waals surface area contributed by atoms with Gasteiger partial charge in [0.15, 0.2) is 0 Å². The van der Waals surface area contributed by atoms with Crippen LogP contribution >= 0.6 is 0 Å². The van der Waals surface area contributed by atoms with E-state index in [0.29, 0.717) is 19.4 Å². The fraction of sp³-hybridized carbons (Fsp3) is 0.423. The Bertz CT molecular complexity index is 940. The molecule has 1 saturated heterocycles. The normalized spacial score (nSPS) is 16.7. The van der Waals surface area contributed by atoms with Crippen molar-refractivity contribution in [2.24, 2.45) is 0 Å². The van der Waals surface area contributed by atoms with Crippen LogP contribution in [0.1, 0.15) is 44.7 Å². The Labute approximate surface area is 195 Å². The van der Waals surface area contributed by atoms with Crippen LogP contribution in [0.5, 0.6) is 0 Å². The van der Waals surface area contributed by atoms with Crippen molar-refractivity contribution < 1.29 is 23.9 Å². The molecule has 1 heterocycles. The SMILES string of the molecule is CC(C)(C)OC(=O)[C@H]1CCCN1C(=O)[C@H](Cc1ccccc1)NC(=O)OCc1ccccc1. The standard InChI is InChI=1S/C26H32N2O5/c1-26(2,3)33-24(30)22-15-10-16-28(22)23(29)21(17-19-11-6-4-7-12-19)27-25(31)32-18-20-13-8-5-9-14-20/h4-9,11-14,21-22H,10,15-18H2,1-3H3,(H,27,31)/t21-,22+/m0/s1. The fourth-order valence-electron chi connectivity index (χ4n) is 3.80. The Balaban J connectivity index is 1.71. The van der Waals surface area contributed by atoms with Crippen LogP contribution in [0, 0.1) is 0 Å². The summed E-state index contributed by atoms with van der Waals surface area (Å²) in [6.45, 7) is 5.94. The molecule has 1 N–H and O–H groups in total. The highest BCUT2D eigenvalue weighted by Crippen LogP contribution is 2.23.